The Morgan fingerprint density at radius 1 is 1.00 bits per heavy atom. The number of thioether (sulfide) groups is 1. The van der Waals surface area contributed by atoms with E-state index in [0.29, 0.717) is 39.2 Å². The van der Waals surface area contributed by atoms with Gasteiger partial charge in [0.15, 0.2) is 0 Å². The summed E-state index contributed by atoms with van der Waals surface area (Å²) in [7, 11) is 0. The molecule has 9 heteroatoms. The lowest BCUT2D eigenvalue weighted by Crippen LogP contribution is -2.51. The summed E-state index contributed by atoms with van der Waals surface area (Å²) in [5.74, 6) is -0.707. The van der Waals surface area contributed by atoms with Crippen LogP contribution in [0.4, 0.5) is 4.39 Å². The first-order valence-electron chi connectivity index (χ1n) is 11.4. The smallest absolute Gasteiger partial charge is 0.243 e. The molecule has 3 aromatic carbocycles. The summed E-state index contributed by atoms with van der Waals surface area (Å²) in [6.07, 6.45) is 0.327. The van der Waals surface area contributed by atoms with E-state index in [1.165, 1.54) is 28.8 Å². The van der Waals surface area contributed by atoms with Crippen molar-refractivity contribution in [1.29, 1.82) is 0 Å². The highest BCUT2D eigenvalue weighted by Gasteiger charge is 2.30. The SMILES string of the molecule is CCNC(=O)C(Cc1ccccc1)N(Cc1ccc(Cl)cc1Cl)C(=O)CSCc1c(F)cccc1Cl. The van der Waals surface area contributed by atoms with E-state index in [2.05, 4.69) is 5.32 Å². The standard InChI is InChI=1S/C27H26Cl3FN2O2S/c1-2-32-27(35)25(13-18-7-4-3-5-8-18)33(15-19-11-12-20(28)14-23(19)30)26(34)17-36-16-21-22(29)9-6-10-24(21)31/h3-12,14,25H,2,13,15-17H2,1H3,(H,32,35). The first-order chi connectivity index (χ1) is 17.3. The molecule has 4 nitrogen and oxygen atoms in total. The summed E-state index contributed by atoms with van der Waals surface area (Å²) in [5, 5.41) is 4.03. The van der Waals surface area contributed by atoms with Gasteiger partial charge in [0.25, 0.3) is 0 Å². The van der Waals surface area contributed by atoms with Crippen LogP contribution in [-0.4, -0.2) is 35.1 Å². The Kier molecular flexibility index (Phi) is 10.9. The second-order valence-corrected chi connectivity index (χ2v) is 10.3. The predicted octanol–water partition coefficient (Wildman–Crippen LogP) is 6.80. The van der Waals surface area contributed by atoms with Crippen molar-refractivity contribution >= 4 is 58.4 Å². The average Bonchev–Trinajstić information content (AvgIpc) is 2.85. The van der Waals surface area contributed by atoms with E-state index >= 15 is 0 Å². The highest BCUT2D eigenvalue weighted by Crippen LogP contribution is 2.27. The van der Waals surface area contributed by atoms with Crippen molar-refractivity contribution in [2.45, 2.75) is 31.7 Å². The third-order valence-corrected chi connectivity index (χ3v) is 7.40. The average molecular weight is 568 g/mol. The number of nitrogens with zero attached hydrogens (tertiary/aromatic N) is 1. The summed E-state index contributed by atoms with van der Waals surface area (Å²) in [5.41, 5.74) is 1.92. The van der Waals surface area contributed by atoms with Gasteiger partial charge in [0, 0.05) is 45.9 Å². The number of amides is 2. The Labute approximate surface area is 230 Å². The van der Waals surface area contributed by atoms with E-state index < -0.39 is 11.9 Å². The number of carbonyl (C=O) groups excluding carboxylic acids is 2. The van der Waals surface area contributed by atoms with Crippen LogP contribution >= 0.6 is 46.6 Å². The monoisotopic (exact) mass is 566 g/mol. The van der Waals surface area contributed by atoms with Gasteiger partial charge in [0.1, 0.15) is 11.9 Å². The summed E-state index contributed by atoms with van der Waals surface area (Å²) in [4.78, 5) is 28.3. The number of hydrogen-bond donors (Lipinski definition) is 1. The molecule has 0 saturated carbocycles. The van der Waals surface area contributed by atoms with Crippen molar-refractivity contribution in [3.63, 3.8) is 0 Å². The normalized spacial score (nSPS) is 11.7. The third-order valence-electron chi connectivity index (χ3n) is 5.51. The molecule has 0 spiro atoms. The van der Waals surface area contributed by atoms with Crippen LogP contribution in [0.15, 0.2) is 66.7 Å². The van der Waals surface area contributed by atoms with Crippen molar-refractivity contribution in [1.82, 2.24) is 10.2 Å². The van der Waals surface area contributed by atoms with E-state index in [0.717, 1.165) is 5.56 Å². The third kappa shape index (κ3) is 7.87. The molecule has 1 atom stereocenters. The van der Waals surface area contributed by atoms with E-state index in [-0.39, 0.29) is 29.9 Å². The molecule has 0 aliphatic carbocycles. The van der Waals surface area contributed by atoms with Gasteiger partial charge in [-0.25, -0.2) is 4.39 Å². The lowest BCUT2D eigenvalue weighted by Gasteiger charge is -2.31. The zero-order chi connectivity index (χ0) is 26.1. The molecule has 0 bridgehead atoms. The molecule has 1 unspecified atom stereocenters. The molecule has 0 aliphatic rings. The maximum absolute atomic E-state index is 14.2. The van der Waals surface area contributed by atoms with Crippen LogP contribution in [0.25, 0.3) is 0 Å². The number of carbonyl (C=O) groups is 2. The van der Waals surface area contributed by atoms with Crippen LogP contribution in [0.5, 0.6) is 0 Å². The van der Waals surface area contributed by atoms with Gasteiger partial charge in [-0.15, -0.1) is 11.8 Å². The highest BCUT2D eigenvalue weighted by atomic mass is 35.5. The Balaban J connectivity index is 1.88. The summed E-state index contributed by atoms with van der Waals surface area (Å²) >= 11 is 19.8. The van der Waals surface area contributed by atoms with Gasteiger partial charge in [-0.2, -0.15) is 0 Å². The van der Waals surface area contributed by atoms with Crippen LogP contribution < -0.4 is 5.32 Å². The van der Waals surface area contributed by atoms with Gasteiger partial charge in [-0.05, 0) is 42.3 Å². The van der Waals surface area contributed by atoms with Gasteiger partial charge in [-0.3, -0.25) is 9.59 Å². The Morgan fingerprint density at radius 3 is 2.42 bits per heavy atom. The molecule has 0 aromatic heterocycles. The van der Waals surface area contributed by atoms with E-state index in [1.807, 2.05) is 37.3 Å². The molecule has 2 amide bonds. The molecule has 0 fully saturated rings. The summed E-state index contributed by atoms with van der Waals surface area (Å²) in [6.45, 7) is 2.37. The largest absolute Gasteiger partial charge is 0.355 e. The van der Waals surface area contributed by atoms with Gasteiger partial charge >= 0.3 is 0 Å². The molecule has 0 radical (unpaired) electrons. The Bertz CT molecular complexity index is 1180. The molecule has 0 aliphatic heterocycles. The lowest BCUT2D eigenvalue weighted by molar-refractivity contribution is -0.139. The number of rotatable bonds is 11. The second kappa shape index (κ2) is 13.9. The van der Waals surface area contributed by atoms with Crippen molar-refractivity contribution in [2.75, 3.05) is 12.3 Å². The Hall–Kier alpha value is -2.25. The quantitative estimate of drug-likeness (QED) is 0.277. The minimum Gasteiger partial charge on any atom is -0.355 e. The molecule has 0 saturated heterocycles. The minimum absolute atomic E-state index is 0.0283. The van der Waals surface area contributed by atoms with Crippen LogP contribution in [0.1, 0.15) is 23.6 Å². The summed E-state index contributed by atoms with van der Waals surface area (Å²) < 4.78 is 14.2. The van der Waals surface area contributed by atoms with Crippen molar-refractivity contribution < 1.29 is 14.0 Å². The van der Waals surface area contributed by atoms with Gasteiger partial charge < -0.3 is 10.2 Å². The summed E-state index contributed by atoms with van der Waals surface area (Å²) in [6, 6.07) is 18.3. The van der Waals surface area contributed by atoms with Crippen molar-refractivity contribution in [3.8, 4) is 0 Å². The minimum atomic E-state index is -0.774. The first kappa shape index (κ1) is 28.3. The van der Waals surface area contributed by atoms with Crippen LogP contribution in [0.3, 0.4) is 0 Å². The number of hydrogen-bond acceptors (Lipinski definition) is 3. The number of halogens is 4. The fourth-order valence-electron chi connectivity index (χ4n) is 3.67. The molecular weight excluding hydrogens is 542 g/mol. The van der Waals surface area contributed by atoms with Crippen molar-refractivity contribution in [2.24, 2.45) is 0 Å². The fraction of sp³-hybridized carbons (Fsp3) is 0.259. The van der Waals surface area contributed by atoms with Crippen LogP contribution in [-0.2, 0) is 28.3 Å². The van der Waals surface area contributed by atoms with Gasteiger partial charge in [-0.1, -0.05) is 77.3 Å². The molecule has 190 valence electrons. The van der Waals surface area contributed by atoms with Crippen LogP contribution in [0, 0.1) is 5.82 Å². The molecule has 3 rings (SSSR count). The fourth-order valence-corrected chi connectivity index (χ4v) is 5.39. The highest BCUT2D eigenvalue weighted by molar-refractivity contribution is 7.99. The second-order valence-electron chi connectivity index (χ2n) is 8.05. The zero-order valence-corrected chi connectivity index (χ0v) is 22.7. The zero-order valence-electron chi connectivity index (χ0n) is 19.6. The van der Waals surface area contributed by atoms with E-state index in [4.69, 9.17) is 34.8 Å². The number of nitrogens with one attached hydrogen (secondary N) is 1. The molecule has 0 heterocycles. The topological polar surface area (TPSA) is 49.4 Å². The van der Waals surface area contributed by atoms with Gasteiger partial charge in [0.05, 0.1) is 5.75 Å². The molecular formula is C27H26Cl3FN2O2S. The van der Waals surface area contributed by atoms with E-state index in [1.54, 1.807) is 24.3 Å². The lowest BCUT2D eigenvalue weighted by atomic mass is 10.0. The maximum Gasteiger partial charge on any atom is 0.243 e. The number of likely N-dealkylation sites (N-methyl/N-ethyl adjacent to an activating group) is 1. The maximum atomic E-state index is 14.2. The predicted molar refractivity (Wildman–Crippen MR) is 147 cm³/mol. The molecule has 3 aromatic rings. The molecule has 1 N–H and O–H groups in total. The Morgan fingerprint density at radius 2 is 1.75 bits per heavy atom. The number of benzene rings is 3. The van der Waals surface area contributed by atoms with Crippen LogP contribution in [0.2, 0.25) is 15.1 Å². The first-order valence-corrected chi connectivity index (χ1v) is 13.6. The molecule has 36 heavy (non-hydrogen) atoms. The van der Waals surface area contributed by atoms with E-state index in [9.17, 15) is 14.0 Å². The van der Waals surface area contributed by atoms with Gasteiger partial charge in [0.2, 0.25) is 11.8 Å². The van der Waals surface area contributed by atoms with Crippen molar-refractivity contribution in [3.05, 3.63) is 104 Å².